The third-order valence-corrected chi connectivity index (χ3v) is 19.1. The molecular formula is C74H144O17P2. The molecule has 17 nitrogen and oxygen atoms in total. The molecule has 93 heavy (non-hydrogen) atoms. The molecule has 0 bridgehead atoms. The Balaban J connectivity index is 5.24. The highest BCUT2D eigenvalue weighted by Gasteiger charge is 2.30. The minimum Gasteiger partial charge on any atom is -0.462 e. The van der Waals surface area contributed by atoms with Gasteiger partial charge in [-0.15, -0.1) is 0 Å². The molecule has 2 unspecified atom stereocenters. The van der Waals surface area contributed by atoms with E-state index in [2.05, 4.69) is 41.5 Å². The molecule has 3 N–H and O–H groups in total. The maximum absolute atomic E-state index is 13.1. The lowest BCUT2D eigenvalue weighted by molar-refractivity contribution is -0.161. The van der Waals surface area contributed by atoms with Gasteiger partial charge in [0, 0.05) is 25.7 Å². The molecule has 0 aromatic rings. The summed E-state index contributed by atoms with van der Waals surface area (Å²) in [6.07, 6.45) is 52.7. The molecule has 0 heterocycles. The largest absolute Gasteiger partial charge is 0.472 e. The van der Waals surface area contributed by atoms with E-state index in [0.717, 1.165) is 102 Å². The van der Waals surface area contributed by atoms with Crippen LogP contribution >= 0.6 is 15.6 Å². The zero-order chi connectivity index (χ0) is 68.6. The van der Waals surface area contributed by atoms with Crippen LogP contribution in [0.25, 0.3) is 0 Å². The summed E-state index contributed by atoms with van der Waals surface area (Å²) < 4.78 is 68.4. The standard InChI is InChI=1S/C74H144O17P2/c1-7-9-11-13-15-17-19-20-21-22-23-24-28-33-40-46-52-58-73(78)90-69(62-85-72(77)57-51-45-39-32-29-25-27-30-36-42-48-54-66(3)4)64-88-92(80,81)86-60-68(75)61-87-93(82,83)89-65-70(91-74(79)59-53-47-41-35-34-37-43-49-55-67(5)6)63-84-71(76)56-50-44-38-31-26-18-16-14-12-10-8-2/h66-70,75H,7-65H2,1-6H3,(H,80,81)(H,82,83)/t68-,69-,70-/m1/s1. The van der Waals surface area contributed by atoms with E-state index in [1.165, 1.54) is 199 Å². The predicted octanol–water partition coefficient (Wildman–Crippen LogP) is 21.6. The number of carbonyl (C=O) groups is 4. The van der Waals surface area contributed by atoms with Crippen molar-refractivity contribution >= 4 is 39.5 Å². The van der Waals surface area contributed by atoms with Gasteiger partial charge in [0.25, 0.3) is 0 Å². The third-order valence-electron chi connectivity index (χ3n) is 17.2. The van der Waals surface area contributed by atoms with Crippen LogP contribution in [0.3, 0.4) is 0 Å². The molecule has 5 atom stereocenters. The van der Waals surface area contributed by atoms with Gasteiger partial charge in [0.05, 0.1) is 26.4 Å². The first-order valence-corrected chi connectivity index (χ1v) is 41.5. The molecule has 0 saturated heterocycles. The Kier molecular flexibility index (Phi) is 64.6. The molecule has 0 amide bonds. The van der Waals surface area contributed by atoms with Crippen molar-refractivity contribution in [2.75, 3.05) is 39.6 Å². The van der Waals surface area contributed by atoms with Gasteiger partial charge in [0.15, 0.2) is 12.2 Å². The van der Waals surface area contributed by atoms with Crippen molar-refractivity contribution in [2.45, 2.75) is 400 Å². The van der Waals surface area contributed by atoms with Crippen LogP contribution in [0.2, 0.25) is 0 Å². The molecular weight excluding hydrogens is 1220 g/mol. The monoisotopic (exact) mass is 1370 g/mol. The highest BCUT2D eigenvalue weighted by atomic mass is 31.2. The maximum Gasteiger partial charge on any atom is 0.472 e. The van der Waals surface area contributed by atoms with E-state index in [-0.39, 0.29) is 25.7 Å². The number of unbranched alkanes of at least 4 members (excludes halogenated alkanes) is 43. The fraction of sp³-hybridized carbons (Fsp3) is 0.946. The van der Waals surface area contributed by atoms with Gasteiger partial charge in [0.1, 0.15) is 19.3 Å². The second-order valence-corrected chi connectivity index (χ2v) is 30.5. The molecule has 0 aliphatic heterocycles. The molecule has 0 radical (unpaired) electrons. The first kappa shape index (κ1) is 91.1. The molecule has 552 valence electrons. The summed E-state index contributed by atoms with van der Waals surface area (Å²) in [6, 6.07) is 0. The fourth-order valence-electron chi connectivity index (χ4n) is 11.3. The molecule has 0 aromatic heterocycles. The Bertz CT molecular complexity index is 1800. The summed E-state index contributed by atoms with van der Waals surface area (Å²) in [5, 5.41) is 10.6. The van der Waals surface area contributed by atoms with Gasteiger partial charge in [-0.3, -0.25) is 37.3 Å². The molecule has 0 aromatic carbocycles. The fourth-order valence-corrected chi connectivity index (χ4v) is 12.9. The molecule has 0 fully saturated rings. The number of ether oxygens (including phenoxy) is 4. The Morgan fingerprint density at radius 3 is 0.731 bits per heavy atom. The lowest BCUT2D eigenvalue weighted by Gasteiger charge is -2.21. The number of aliphatic hydroxyl groups is 1. The van der Waals surface area contributed by atoms with Crippen molar-refractivity contribution in [3.05, 3.63) is 0 Å². The summed E-state index contributed by atoms with van der Waals surface area (Å²) in [4.78, 5) is 72.7. The first-order chi connectivity index (χ1) is 44.9. The zero-order valence-electron chi connectivity index (χ0n) is 60.6. The predicted molar refractivity (Wildman–Crippen MR) is 377 cm³/mol. The minimum absolute atomic E-state index is 0.105. The highest BCUT2D eigenvalue weighted by Crippen LogP contribution is 2.45. The number of phosphoric ester groups is 2. The Hall–Kier alpha value is -1.94. The van der Waals surface area contributed by atoms with Crippen molar-refractivity contribution in [3.63, 3.8) is 0 Å². The normalized spacial score (nSPS) is 14.1. The van der Waals surface area contributed by atoms with Crippen LogP contribution in [0.15, 0.2) is 0 Å². The molecule has 0 aliphatic carbocycles. The summed E-state index contributed by atoms with van der Waals surface area (Å²) in [5.41, 5.74) is 0. The van der Waals surface area contributed by atoms with Gasteiger partial charge in [-0.25, -0.2) is 9.13 Å². The van der Waals surface area contributed by atoms with Crippen molar-refractivity contribution in [1.82, 2.24) is 0 Å². The Morgan fingerprint density at radius 2 is 0.495 bits per heavy atom. The Morgan fingerprint density at radius 1 is 0.290 bits per heavy atom. The Labute approximate surface area is 568 Å². The van der Waals surface area contributed by atoms with Crippen LogP contribution in [0.5, 0.6) is 0 Å². The number of esters is 4. The van der Waals surface area contributed by atoms with E-state index in [9.17, 15) is 43.2 Å². The van der Waals surface area contributed by atoms with E-state index < -0.39 is 97.5 Å². The zero-order valence-corrected chi connectivity index (χ0v) is 62.3. The van der Waals surface area contributed by atoms with Crippen LogP contribution in [-0.4, -0.2) is 96.7 Å². The van der Waals surface area contributed by atoms with Crippen LogP contribution in [0.1, 0.15) is 382 Å². The molecule has 0 spiro atoms. The number of aliphatic hydroxyl groups excluding tert-OH is 1. The van der Waals surface area contributed by atoms with Gasteiger partial charge in [-0.05, 0) is 37.5 Å². The quantitative estimate of drug-likeness (QED) is 0.0222. The van der Waals surface area contributed by atoms with Gasteiger partial charge < -0.3 is 33.8 Å². The molecule has 0 rings (SSSR count). The smallest absolute Gasteiger partial charge is 0.462 e. The van der Waals surface area contributed by atoms with Gasteiger partial charge in [-0.2, -0.15) is 0 Å². The number of hydrogen-bond donors (Lipinski definition) is 3. The topological polar surface area (TPSA) is 237 Å². The maximum atomic E-state index is 13.1. The van der Waals surface area contributed by atoms with Crippen molar-refractivity contribution in [2.24, 2.45) is 11.8 Å². The molecule has 0 saturated carbocycles. The lowest BCUT2D eigenvalue weighted by Crippen LogP contribution is -2.30. The summed E-state index contributed by atoms with van der Waals surface area (Å²) >= 11 is 0. The highest BCUT2D eigenvalue weighted by molar-refractivity contribution is 7.47. The van der Waals surface area contributed by atoms with E-state index >= 15 is 0 Å². The SMILES string of the molecule is CCCCCCCCCCCCCCCCCCCC(=O)O[C@H](COC(=O)CCCCCCCCCCCCCC(C)C)COP(=O)(O)OC[C@@H](O)COP(=O)(O)OC[C@@H](COC(=O)CCCCCCCCCCCCC)OC(=O)CCCCCCCCCCC(C)C. The van der Waals surface area contributed by atoms with Crippen molar-refractivity contribution in [1.29, 1.82) is 0 Å². The number of carbonyl (C=O) groups excluding carboxylic acids is 4. The van der Waals surface area contributed by atoms with E-state index in [1.807, 2.05) is 0 Å². The van der Waals surface area contributed by atoms with E-state index in [0.29, 0.717) is 25.7 Å². The summed E-state index contributed by atoms with van der Waals surface area (Å²) in [6.45, 7) is 9.54. The van der Waals surface area contributed by atoms with Gasteiger partial charge in [0.2, 0.25) is 0 Å². The number of rotatable bonds is 73. The number of hydrogen-bond acceptors (Lipinski definition) is 15. The average Bonchev–Trinajstić information content (AvgIpc) is 3.26. The van der Waals surface area contributed by atoms with Crippen molar-refractivity contribution < 1.29 is 80.2 Å². The number of phosphoric acid groups is 2. The minimum atomic E-state index is -4.96. The lowest BCUT2D eigenvalue weighted by atomic mass is 10.0. The van der Waals surface area contributed by atoms with Gasteiger partial charge in [-0.1, -0.05) is 330 Å². The second kappa shape index (κ2) is 66.0. The van der Waals surface area contributed by atoms with Crippen LogP contribution in [0.4, 0.5) is 0 Å². The molecule has 19 heteroatoms. The average molecular weight is 1370 g/mol. The summed E-state index contributed by atoms with van der Waals surface area (Å²) in [5.74, 6) is -0.629. The van der Waals surface area contributed by atoms with E-state index in [1.54, 1.807) is 0 Å². The third kappa shape index (κ3) is 68.4. The van der Waals surface area contributed by atoms with Crippen LogP contribution < -0.4 is 0 Å². The first-order valence-electron chi connectivity index (χ1n) is 38.5. The van der Waals surface area contributed by atoms with Crippen LogP contribution in [-0.2, 0) is 65.4 Å². The van der Waals surface area contributed by atoms with E-state index in [4.69, 9.17) is 37.0 Å². The second-order valence-electron chi connectivity index (χ2n) is 27.6. The van der Waals surface area contributed by atoms with Crippen LogP contribution in [0, 0.1) is 11.8 Å². The molecule has 0 aliphatic rings. The summed E-state index contributed by atoms with van der Waals surface area (Å²) in [7, 11) is -9.91. The van der Waals surface area contributed by atoms with Crippen molar-refractivity contribution in [3.8, 4) is 0 Å². The van der Waals surface area contributed by atoms with Gasteiger partial charge >= 0.3 is 39.5 Å².